The van der Waals surface area contributed by atoms with Crippen molar-refractivity contribution in [3.63, 3.8) is 0 Å². The number of carbonyl (C=O) groups is 2. The monoisotopic (exact) mass is 330 g/mol. The van der Waals surface area contributed by atoms with E-state index in [1.54, 1.807) is 12.1 Å². The molecule has 4 heteroatoms. The topological polar surface area (TPSA) is 43.4 Å². The summed E-state index contributed by atoms with van der Waals surface area (Å²) in [7, 11) is 0. The average molecular weight is 330 g/mol. The average Bonchev–Trinajstić information content (AvgIpc) is 2.53. The summed E-state index contributed by atoms with van der Waals surface area (Å²) in [4.78, 5) is 24.7. The van der Waals surface area contributed by atoms with Crippen LogP contribution in [-0.2, 0) is 20.7 Å². The second-order valence-corrected chi connectivity index (χ2v) is 8.08. The minimum Gasteiger partial charge on any atom is -0.457 e. The Morgan fingerprint density at radius 1 is 1.00 bits per heavy atom. The van der Waals surface area contributed by atoms with Crippen LogP contribution in [-0.4, -0.2) is 18.4 Å². The minimum absolute atomic E-state index is 0.0778. The first-order valence-corrected chi connectivity index (χ1v) is 8.96. The van der Waals surface area contributed by atoms with Crippen molar-refractivity contribution in [1.29, 1.82) is 0 Å². The number of benzene rings is 1. The van der Waals surface area contributed by atoms with Crippen molar-refractivity contribution in [2.75, 3.05) is 6.61 Å². The summed E-state index contributed by atoms with van der Waals surface area (Å²) in [6.07, 6.45) is 6.92. The Kier molecular flexibility index (Phi) is 3.93. The Labute approximate surface area is 141 Å². The molecule has 4 fully saturated rings. The van der Waals surface area contributed by atoms with Crippen molar-refractivity contribution in [3.8, 4) is 0 Å². The Morgan fingerprint density at radius 2 is 1.54 bits per heavy atom. The fourth-order valence-electron chi connectivity index (χ4n) is 5.57. The molecule has 0 aromatic heterocycles. The van der Waals surface area contributed by atoms with Gasteiger partial charge in [0.15, 0.2) is 12.4 Å². The lowest BCUT2D eigenvalue weighted by Crippen LogP contribution is -2.51. The van der Waals surface area contributed by atoms with Crippen LogP contribution in [0.25, 0.3) is 0 Å². The van der Waals surface area contributed by atoms with Gasteiger partial charge in [0.05, 0.1) is 6.42 Å². The number of ketones is 1. The number of carbonyl (C=O) groups excluding carboxylic acids is 2. The van der Waals surface area contributed by atoms with Crippen molar-refractivity contribution < 1.29 is 18.7 Å². The number of halogens is 1. The lowest BCUT2D eigenvalue weighted by atomic mass is 9.48. The van der Waals surface area contributed by atoms with Crippen molar-refractivity contribution >= 4 is 11.8 Å². The predicted molar refractivity (Wildman–Crippen MR) is 86.7 cm³/mol. The van der Waals surface area contributed by atoms with Gasteiger partial charge in [-0.05, 0) is 74.0 Å². The number of esters is 1. The van der Waals surface area contributed by atoms with Gasteiger partial charge in [-0.15, -0.1) is 0 Å². The smallest absolute Gasteiger partial charge is 0.310 e. The third-order valence-corrected chi connectivity index (χ3v) is 6.26. The molecule has 4 aliphatic carbocycles. The summed E-state index contributed by atoms with van der Waals surface area (Å²) in [6, 6.07) is 5.78. The molecule has 0 aliphatic heterocycles. The van der Waals surface area contributed by atoms with Crippen LogP contribution >= 0.6 is 0 Å². The first-order chi connectivity index (χ1) is 11.5. The van der Waals surface area contributed by atoms with Crippen molar-refractivity contribution in [2.24, 2.45) is 23.2 Å². The Bertz CT molecular complexity index is 614. The molecule has 4 saturated carbocycles. The fourth-order valence-corrected chi connectivity index (χ4v) is 5.57. The Balaban J connectivity index is 1.33. The number of hydrogen-bond acceptors (Lipinski definition) is 3. The minimum atomic E-state index is -0.417. The van der Waals surface area contributed by atoms with Crippen LogP contribution in [0.3, 0.4) is 0 Å². The maximum Gasteiger partial charge on any atom is 0.310 e. The molecular weight excluding hydrogens is 307 g/mol. The molecule has 0 spiro atoms. The molecule has 0 N–H and O–H groups in total. The highest BCUT2D eigenvalue weighted by atomic mass is 19.1. The molecule has 128 valence electrons. The highest BCUT2D eigenvalue weighted by Gasteiger charge is 2.54. The molecule has 0 radical (unpaired) electrons. The Morgan fingerprint density at radius 3 is 2.08 bits per heavy atom. The van der Waals surface area contributed by atoms with Crippen LogP contribution in [0.15, 0.2) is 24.3 Å². The van der Waals surface area contributed by atoms with Gasteiger partial charge < -0.3 is 4.74 Å². The predicted octanol–water partition coefficient (Wildman–Crippen LogP) is 3.70. The van der Waals surface area contributed by atoms with Crippen molar-refractivity contribution in [2.45, 2.75) is 44.9 Å². The lowest BCUT2D eigenvalue weighted by Gasteiger charge is -2.55. The SMILES string of the molecule is O=C(Cc1ccc(F)cc1)OCC(=O)C12CC3CC(CC(C3)C1)C2. The molecule has 5 rings (SSSR count). The molecule has 4 aliphatic rings. The van der Waals surface area contributed by atoms with Crippen LogP contribution in [0, 0.1) is 29.0 Å². The van der Waals surface area contributed by atoms with E-state index in [9.17, 15) is 14.0 Å². The maximum absolute atomic E-state index is 12.9. The van der Waals surface area contributed by atoms with Gasteiger partial charge in [-0.2, -0.15) is 0 Å². The summed E-state index contributed by atoms with van der Waals surface area (Å²) in [5.41, 5.74) is 0.480. The number of hydrogen-bond donors (Lipinski definition) is 0. The van der Waals surface area contributed by atoms with E-state index in [1.165, 1.54) is 31.4 Å². The number of rotatable bonds is 5. The molecule has 24 heavy (non-hydrogen) atoms. The van der Waals surface area contributed by atoms with Gasteiger partial charge in [0.25, 0.3) is 0 Å². The molecular formula is C20H23FO3. The lowest BCUT2D eigenvalue weighted by molar-refractivity contribution is -0.157. The van der Waals surface area contributed by atoms with Gasteiger partial charge in [-0.1, -0.05) is 12.1 Å². The standard InChI is InChI=1S/C20H23FO3/c21-17-3-1-13(2-4-17)8-19(23)24-12-18(22)20-9-14-5-15(10-20)7-16(6-14)11-20/h1-4,14-16H,5-12H2. The normalized spacial score (nSPS) is 33.5. The van der Waals surface area contributed by atoms with E-state index in [0.29, 0.717) is 23.3 Å². The van der Waals surface area contributed by atoms with E-state index in [0.717, 1.165) is 19.3 Å². The molecule has 0 saturated heterocycles. The number of ether oxygens (including phenoxy) is 1. The number of Topliss-reactive ketones (excluding diaryl/α,β-unsaturated/α-hetero) is 1. The zero-order valence-corrected chi connectivity index (χ0v) is 13.8. The summed E-state index contributed by atoms with van der Waals surface area (Å²) in [5, 5.41) is 0. The maximum atomic E-state index is 12.9. The van der Waals surface area contributed by atoms with Crippen LogP contribution in [0.4, 0.5) is 4.39 Å². The first kappa shape index (κ1) is 15.8. The van der Waals surface area contributed by atoms with Gasteiger partial charge in [0, 0.05) is 5.41 Å². The van der Waals surface area contributed by atoms with E-state index in [1.807, 2.05) is 0 Å². The third-order valence-electron chi connectivity index (χ3n) is 6.26. The molecule has 0 heterocycles. The van der Waals surface area contributed by atoms with Gasteiger partial charge in [-0.25, -0.2) is 4.39 Å². The summed E-state index contributed by atoms with van der Waals surface area (Å²) < 4.78 is 18.1. The third kappa shape index (κ3) is 2.99. The van der Waals surface area contributed by atoms with E-state index < -0.39 is 5.97 Å². The second kappa shape index (κ2) is 5.98. The quantitative estimate of drug-likeness (QED) is 0.773. The zero-order chi connectivity index (χ0) is 16.7. The first-order valence-electron chi connectivity index (χ1n) is 8.96. The van der Waals surface area contributed by atoms with Crippen LogP contribution in [0.2, 0.25) is 0 Å². The van der Waals surface area contributed by atoms with E-state index in [4.69, 9.17) is 4.74 Å². The second-order valence-electron chi connectivity index (χ2n) is 8.08. The summed E-state index contributed by atoms with van der Waals surface area (Å²) in [5.74, 6) is 1.48. The van der Waals surface area contributed by atoms with E-state index in [-0.39, 0.29) is 30.0 Å². The molecule has 0 atom stereocenters. The largest absolute Gasteiger partial charge is 0.457 e. The Hall–Kier alpha value is -1.71. The van der Waals surface area contributed by atoms with Crippen LogP contribution < -0.4 is 0 Å². The van der Waals surface area contributed by atoms with Gasteiger partial charge >= 0.3 is 5.97 Å². The van der Waals surface area contributed by atoms with Crippen LogP contribution in [0.1, 0.15) is 44.1 Å². The van der Waals surface area contributed by atoms with E-state index in [2.05, 4.69) is 0 Å². The molecule has 1 aromatic carbocycles. The van der Waals surface area contributed by atoms with Crippen LogP contribution in [0.5, 0.6) is 0 Å². The van der Waals surface area contributed by atoms with Gasteiger partial charge in [-0.3, -0.25) is 9.59 Å². The summed E-state index contributed by atoms with van der Waals surface area (Å²) in [6.45, 7) is -0.105. The molecule has 1 aromatic rings. The molecule has 3 nitrogen and oxygen atoms in total. The van der Waals surface area contributed by atoms with Gasteiger partial charge in [0.1, 0.15) is 5.82 Å². The summed E-state index contributed by atoms with van der Waals surface area (Å²) >= 11 is 0. The molecule has 0 unspecified atom stereocenters. The van der Waals surface area contributed by atoms with Crippen molar-refractivity contribution in [1.82, 2.24) is 0 Å². The highest BCUT2D eigenvalue weighted by Crippen LogP contribution is 2.60. The van der Waals surface area contributed by atoms with Gasteiger partial charge in [0.2, 0.25) is 0 Å². The fraction of sp³-hybridized carbons (Fsp3) is 0.600. The van der Waals surface area contributed by atoms with Crippen molar-refractivity contribution in [3.05, 3.63) is 35.6 Å². The zero-order valence-electron chi connectivity index (χ0n) is 13.8. The molecule has 4 bridgehead atoms. The highest BCUT2D eigenvalue weighted by molar-refractivity contribution is 5.88. The van der Waals surface area contributed by atoms with E-state index >= 15 is 0 Å². The molecule has 0 amide bonds.